The van der Waals surface area contributed by atoms with Gasteiger partial charge in [0.25, 0.3) is 0 Å². The molecule has 0 saturated carbocycles. The van der Waals surface area contributed by atoms with Crippen LogP contribution in [0.1, 0.15) is 10.4 Å². The van der Waals surface area contributed by atoms with Crippen LogP contribution in [-0.4, -0.2) is 22.3 Å². The molecule has 0 amide bonds. The average Bonchev–Trinajstić information content (AvgIpc) is 3.00. The lowest BCUT2D eigenvalue weighted by Crippen LogP contribution is -1.94. The van der Waals surface area contributed by atoms with Gasteiger partial charge in [0.15, 0.2) is 6.29 Å². The number of rotatable bonds is 4. The minimum absolute atomic E-state index is 0.562. The molecule has 0 aliphatic carbocycles. The van der Waals surface area contributed by atoms with Gasteiger partial charge in [-0.2, -0.15) is 5.10 Å². The molecular weight excluding hydrogens is 316 g/mol. The van der Waals surface area contributed by atoms with Crippen molar-refractivity contribution in [2.24, 2.45) is 0 Å². The number of aromatic nitrogens is 2. The number of hydrogen-bond acceptors (Lipinski definition) is 3. The van der Waals surface area contributed by atoms with Gasteiger partial charge in [-0.25, -0.2) is 4.68 Å². The second kappa shape index (κ2) is 6.38. The molecule has 0 saturated heterocycles. The number of carbonyl (C=O) groups excluding carboxylic acids is 1. The van der Waals surface area contributed by atoms with E-state index in [4.69, 9.17) is 11.6 Å². The molecule has 3 nitrogen and oxygen atoms in total. The van der Waals surface area contributed by atoms with E-state index < -0.39 is 0 Å². The molecule has 1 heterocycles. The van der Waals surface area contributed by atoms with Crippen LogP contribution in [0.4, 0.5) is 0 Å². The van der Waals surface area contributed by atoms with Crippen molar-refractivity contribution >= 4 is 29.6 Å². The molecule has 3 aromatic rings. The van der Waals surface area contributed by atoms with Crippen molar-refractivity contribution in [3.8, 4) is 16.9 Å². The topological polar surface area (TPSA) is 34.9 Å². The first-order valence-corrected chi connectivity index (χ1v) is 8.27. The van der Waals surface area contributed by atoms with Gasteiger partial charge in [-0.3, -0.25) is 4.79 Å². The van der Waals surface area contributed by atoms with E-state index in [2.05, 4.69) is 5.10 Å². The fourth-order valence-corrected chi connectivity index (χ4v) is 2.71. The van der Waals surface area contributed by atoms with Crippen LogP contribution in [0.3, 0.4) is 0 Å². The van der Waals surface area contributed by atoms with E-state index in [1.807, 2.05) is 42.7 Å². The van der Waals surface area contributed by atoms with Crippen LogP contribution in [0.5, 0.6) is 0 Å². The van der Waals surface area contributed by atoms with Gasteiger partial charge in [0.2, 0.25) is 0 Å². The quantitative estimate of drug-likeness (QED) is 0.513. The van der Waals surface area contributed by atoms with Gasteiger partial charge in [-0.1, -0.05) is 23.7 Å². The molecule has 0 aliphatic rings. The van der Waals surface area contributed by atoms with Crippen LogP contribution in [0, 0.1) is 0 Å². The monoisotopic (exact) mass is 328 g/mol. The zero-order valence-electron chi connectivity index (χ0n) is 11.9. The third-order valence-electron chi connectivity index (χ3n) is 3.32. The van der Waals surface area contributed by atoms with Crippen molar-refractivity contribution in [3.05, 3.63) is 65.3 Å². The summed E-state index contributed by atoms with van der Waals surface area (Å²) in [6.07, 6.45) is 4.59. The minimum atomic E-state index is 0.562. The highest BCUT2D eigenvalue weighted by Crippen LogP contribution is 2.25. The van der Waals surface area contributed by atoms with Crippen molar-refractivity contribution < 1.29 is 4.79 Å². The lowest BCUT2D eigenvalue weighted by atomic mass is 10.1. The SMILES string of the molecule is CSc1ccc(-c2nn(-c3ccc(Cl)cc3)cc2C=O)cc1. The van der Waals surface area contributed by atoms with Gasteiger partial charge in [0.1, 0.15) is 5.69 Å². The molecule has 2 aromatic carbocycles. The summed E-state index contributed by atoms with van der Waals surface area (Å²) in [6, 6.07) is 15.3. The summed E-state index contributed by atoms with van der Waals surface area (Å²) in [6.45, 7) is 0. The van der Waals surface area contributed by atoms with Crippen LogP contribution >= 0.6 is 23.4 Å². The first-order valence-electron chi connectivity index (χ1n) is 6.66. The van der Waals surface area contributed by atoms with Crippen LogP contribution < -0.4 is 0 Å². The zero-order valence-corrected chi connectivity index (χ0v) is 13.4. The number of halogens is 1. The van der Waals surface area contributed by atoms with Crippen molar-refractivity contribution in [3.63, 3.8) is 0 Å². The number of thioether (sulfide) groups is 1. The highest BCUT2D eigenvalue weighted by atomic mass is 35.5. The van der Waals surface area contributed by atoms with E-state index in [1.54, 1.807) is 34.8 Å². The van der Waals surface area contributed by atoms with Gasteiger partial charge < -0.3 is 0 Å². The summed E-state index contributed by atoms with van der Waals surface area (Å²) in [5.41, 5.74) is 3.02. The second-order valence-electron chi connectivity index (χ2n) is 4.70. The molecule has 22 heavy (non-hydrogen) atoms. The predicted octanol–water partition coefficient (Wildman–Crippen LogP) is 4.73. The Morgan fingerprint density at radius 1 is 1.09 bits per heavy atom. The number of aldehydes is 1. The summed E-state index contributed by atoms with van der Waals surface area (Å²) in [5.74, 6) is 0. The highest BCUT2D eigenvalue weighted by molar-refractivity contribution is 7.98. The van der Waals surface area contributed by atoms with Crippen LogP contribution in [0.2, 0.25) is 5.02 Å². The van der Waals surface area contributed by atoms with Gasteiger partial charge >= 0.3 is 0 Å². The number of benzene rings is 2. The summed E-state index contributed by atoms with van der Waals surface area (Å²) < 4.78 is 1.69. The molecule has 0 bridgehead atoms. The van der Waals surface area contributed by atoms with E-state index in [9.17, 15) is 4.79 Å². The first kappa shape index (κ1) is 14.9. The van der Waals surface area contributed by atoms with E-state index in [-0.39, 0.29) is 0 Å². The Labute approximate surface area is 137 Å². The molecular formula is C17H13ClN2OS. The molecule has 0 spiro atoms. The molecule has 0 unspecified atom stereocenters. The highest BCUT2D eigenvalue weighted by Gasteiger charge is 2.11. The third kappa shape index (κ3) is 2.93. The fraction of sp³-hybridized carbons (Fsp3) is 0.0588. The van der Waals surface area contributed by atoms with Crippen molar-refractivity contribution in [2.45, 2.75) is 4.90 Å². The van der Waals surface area contributed by atoms with Crippen LogP contribution in [0.15, 0.2) is 59.6 Å². The van der Waals surface area contributed by atoms with Crippen LogP contribution in [0.25, 0.3) is 16.9 Å². The maximum absolute atomic E-state index is 11.3. The summed E-state index contributed by atoms with van der Waals surface area (Å²) in [5, 5.41) is 5.21. The normalized spacial score (nSPS) is 10.6. The molecule has 0 N–H and O–H groups in total. The predicted molar refractivity (Wildman–Crippen MR) is 91.2 cm³/mol. The van der Waals surface area contributed by atoms with Gasteiger partial charge in [-0.05, 0) is 42.7 Å². The fourth-order valence-electron chi connectivity index (χ4n) is 2.17. The molecule has 110 valence electrons. The Bertz CT molecular complexity index is 795. The zero-order chi connectivity index (χ0) is 15.5. The Morgan fingerprint density at radius 2 is 1.77 bits per heavy atom. The first-order chi connectivity index (χ1) is 10.7. The smallest absolute Gasteiger partial charge is 0.153 e. The largest absolute Gasteiger partial charge is 0.298 e. The van der Waals surface area contributed by atoms with E-state index in [0.29, 0.717) is 16.3 Å². The molecule has 0 fully saturated rings. The van der Waals surface area contributed by atoms with E-state index in [0.717, 1.165) is 17.5 Å². The van der Waals surface area contributed by atoms with Gasteiger partial charge in [-0.15, -0.1) is 11.8 Å². The minimum Gasteiger partial charge on any atom is -0.298 e. The molecule has 1 aromatic heterocycles. The standard InChI is InChI=1S/C17H13ClN2OS/c1-22-16-8-2-12(3-9-16)17-13(11-21)10-20(19-17)15-6-4-14(18)5-7-15/h2-11H,1H3. The van der Waals surface area contributed by atoms with Crippen LogP contribution in [-0.2, 0) is 0 Å². The number of nitrogens with zero attached hydrogens (tertiary/aromatic N) is 2. The van der Waals surface area contributed by atoms with Gasteiger partial charge in [0, 0.05) is 21.7 Å². The summed E-state index contributed by atoms with van der Waals surface area (Å²) in [4.78, 5) is 12.5. The molecule has 3 rings (SSSR count). The van der Waals surface area contributed by atoms with Crippen molar-refractivity contribution in [2.75, 3.05) is 6.26 Å². The Balaban J connectivity index is 2.04. The maximum atomic E-state index is 11.3. The van der Waals surface area contributed by atoms with E-state index in [1.165, 1.54) is 4.90 Å². The molecule has 0 radical (unpaired) electrons. The summed E-state index contributed by atoms with van der Waals surface area (Å²) >= 11 is 7.58. The number of carbonyl (C=O) groups is 1. The lowest BCUT2D eigenvalue weighted by Gasteiger charge is -2.02. The molecule has 0 atom stereocenters. The number of hydrogen-bond donors (Lipinski definition) is 0. The average molecular weight is 329 g/mol. The molecule has 5 heteroatoms. The van der Waals surface area contributed by atoms with E-state index >= 15 is 0 Å². The maximum Gasteiger partial charge on any atom is 0.153 e. The third-order valence-corrected chi connectivity index (χ3v) is 4.32. The Morgan fingerprint density at radius 3 is 2.36 bits per heavy atom. The van der Waals surface area contributed by atoms with Crippen molar-refractivity contribution in [1.29, 1.82) is 0 Å². The second-order valence-corrected chi connectivity index (χ2v) is 6.02. The molecule has 0 aliphatic heterocycles. The Hall–Kier alpha value is -2.04. The Kier molecular flexibility index (Phi) is 4.32. The lowest BCUT2D eigenvalue weighted by molar-refractivity contribution is 0.112. The van der Waals surface area contributed by atoms with Gasteiger partial charge in [0.05, 0.1) is 11.3 Å². The summed E-state index contributed by atoms with van der Waals surface area (Å²) in [7, 11) is 0. The van der Waals surface area contributed by atoms with Crippen molar-refractivity contribution in [1.82, 2.24) is 9.78 Å².